The summed E-state index contributed by atoms with van der Waals surface area (Å²) < 4.78 is 6.10. The van der Waals surface area contributed by atoms with Gasteiger partial charge in [0.1, 0.15) is 5.52 Å². The minimum Gasteiger partial charge on any atom is -0.436 e. The van der Waals surface area contributed by atoms with Crippen LogP contribution in [0.25, 0.3) is 22.6 Å². The van der Waals surface area contributed by atoms with Crippen molar-refractivity contribution in [2.75, 3.05) is 7.05 Å². The highest BCUT2D eigenvalue weighted by molar-refractivity contribution is 6.05. The summed E-state index contributed by atoms with van der Waals surface area (Å²) in [4.78, 5) is 20.5. The van der Waals surface area contributed by atoms with Gasteiger partial charge >= 0.3 is 0 Å². The molecule has 3 heterocycles. The number of halogens is 1. The number of hydrogen-bond acceptors (Lipinski definition) is 4. The molecule has 0 spiro atoms. The Morgan fingerprint density at radius 1 is 1.09 bits per heavy atom. The summed E-state index contributed by atoms with van der Waals surface area (Å²) in [6.45, 7) is 4.33. The molecule has 2 unspecified atom stereocenters. The molecule has 0 aliphatic carbocycles. The molecule has 5 rings (SSSR count). The van der Waals surface area contributed by atoms with Crippen LogP contribution in [0.2, 0.25) is 0 Å². The fraction of sp³-hybridized carbons (Fsp3) is 0.462. The van der Waals surface area contributed by atoms with Crippen molar-refractivity contribution in [3.63, 3.8) is 0 Å². The van der Waals surface area contributed by atoms with E-state index in [0.29, 0.717) is 40.6 Å². The Balaban J connectivity index is 0.00000245. The first-order valence-electron chi connectivity index (χ1n) is 11.5. The van der Waals surface area contributed by atoms with Gasteiger partial charge in [0.15, 0.2) is 5.58 Å². The van der Waals surface area contributed by atoms with E-state index >= 15 is 0 Å². The number of carbonyl (C=O) groups is 1. The van der Waals surface area contributed by atoms with E-state index in [2.05, 4.69) is 37.2 Å². The average Bonchev–Trinajstić information content (AvgIpc) is 3.18. The zero-order valence-corrected chi connectivity index (χ0v) is 19.8. The van der Waals surface area contributed by atoms with Gasteiger partial charge < -0.3 is 14.6 Å². The zero-order valence-electron chi connectivity index (χ0n) is 19.0. The monoisotopic (exact) mass is 453 g/mol. The molecule has 2 fully saturated rings. The van der Waals surface area contributed by atoms with Gasteiger partial charge in [0.25, 0.3) is 5.91 Å². The highest BCUT2D eigenvalue weighted by Crippen LogP contribution is 2.34. The van der Waals surface area contributed by atoms with Crippen molar-refractivity contribution in [2.24, 2.45) is 0 Å². The van der Waals surface area contributed by atoms with Crippen LogP contribution in [-0.4, -0.2) is 41.0 Å². The molecular formula is C26H32ClN3O2. The Labute approximate surface area is 196 Å². The molecule has 170 valence electrons. The number of benzene rings is 2. The van der Waals surface area contributed by atoms with E-state index in [9.17, 15) is 4.79 Å². The normalized spacial score (nSPS) is 23.2. The van der Waals surface area contributed by atoms with Crippen LogP contribution in [0, 0.1) is 0 Å². The van der Waals surface area contributed by atoms with Gasteiger partial charge in [-0.25, -0.2) is 4.98 Å². The van der Waals surface area contributed by atoms with Crippen LogP contribution >= 0.6 is 12.4 Å². The Hall–Kier alpha value is -2.37. The third kappa shape index (κ3) is 4.16. The van der Waals surface area contributed by atoms with Crippen molar-refractivity contribution >= 4 is 29.4 Å². The summed E-state index contributed by atoms with van der Waals surface area (Å²) in [7, 11) is 2.24. The summed E-state index contributed by atoms with van der Waals surface area (Å²) in [6, 6.07) is 15.2. The van der Waals surface area contributed by atoms with Gasteiger partial charge in [0, 0.05) is 23.7 Å². The number of amides is 1. The molecule has 2 aromatic carbocycles. The number of nitrogens with one attached hydrogen (secondary N) is 1. The Kier molecular flexibility index (Phi) is 6.59. The number of piperidine rings is 2. The quantitative estimate of drug-likeness (QED) is 0.543. The molecule has 5 nitrogen and oxygen atoms in total. The second-order valence-electron chi connectivity index (χ2n) is 9.46. The number of para-hydroxylation sites is 1. The summed E-state index contributed by atoms with van der Waals surface area (Å²) in [5.74, 6) is 0.890. The average molecular weight is 454 g/mol. The molecule has 0 saturated carbocycles. The van der Waals surface area contributed by atoms with Crippen LogP contribution in [0.1, 0.15) is 67.8 Å². The van der Waals surface area contributed by atoms with E-state index in [1.54, 1.807) is 0 Å². The van der Waals surface area contributed by atoms with Crippen molar-refractivity contribution < 1.29 is 9.21 Å². The topological polar surface area (TPSA) is 58.4 Å². The third-order valence-corrected chi connectivity index (χ3v) is 7.15. The van der Waals surface area contributed by atoms with E-state index in [0.717, 1.165) is 18.4 Å². The second kappa shape index (κ2) is 9.24. The van der Waals surface area contributed by atoms with Crippen molar-refractivity contribution in [3.05, 3.63) is 53.6 Å². The van der Waals surface area contributed by atoms with Gasteiger partial charge in [0.2, 0.25) is 5.89 Å². The molecule has 2 aliphatic heterocycles. The predicted octanol–water partition coefficient (Wildman–Crippen LogP) is 5.79. The lowest BCUT2D eigenvalue weighted by molar-refractivity contribution is 0.0463. The third-order valence-electron chi connectivity index (χ3n) is 7.15. The molecule has 1 N–H and O–H groups in total. The Bertz CT molecular complexity index is 1100. The van der Waals surface area contributed by atoms with Crippen molar-refractivity contribution in [3.8, 4) is 11.5 Å². The number of rotatable bonds is 4. The first kappa shape index (κ1) is 22.8. The maximum atomic E-state index is 13.2. The van der Waals surface area contributed by atoms with E-state index < -0.39 is 0 Å². The first-order chi connectivity index (χ1) is 15.0. The molecule has 32 heavy (non-hydrogen) atoms. The lowest BCUT2D eigenvalue weighted by Crippen LogP contribution is -2.55. The lowest BCUT2D eigenvalue weighted by atomic mass is 9.82. The second-order valence-corrected chi connectivity index (χ2v) is 9.46. The molecular weight excluding hydrogens is 422 g/mol. The van der Waals surface area contributed by atoms with Crippen LogP contribution < -0.4 is 5.32 Å². The molecule has 6 heteroatoms. The fourth-order valence-corrected chi connectivity index (χ4v) is 5.44. The molecule has 2 bridgehead atoms. The summed E-state index contributed by atoms with van der Waals surface area (Å²) >= 11 is 0. The largest absolute Gasteiger partial charge is 0.436 e. The molecule has 1 amide bonds. The summed E-state index contributed by atoms with van der Waals surface area (Å²) in [6.07, 6.45) is 5.83. The summed E-state index contributed by atoms with van der Waals surface area (Å²) in [5, 5.41) is 3.31. The van der Waals surface area contributed by atoms with Crippen LogP contribution in [-0.2, 0) is 0 Å². The van der Waals surface area contributed by atoms with Crippen LogP contribution in [0.3, 0.4) is 0 Å². The molecule has 2 atom stereocenters. The number of fused-ring (bicyclic) bond motifs is 3. The minimum absolute atomic E-state index is 0. The smallest absolute Gasteiger partial charge is 0.253 e. The van der Waals surface area contributed by atoms with Crippen molar-refractivity contribution in [2.45, 2.75) is 70.0 Å². The molecule has 2 saturated heterocycles. The van der Waals surface area contributed by atoms with Gasteiger partial charge in [-0.3, -0.25) is 4.79 Å². The predicted molar refractivity (Wildman–Crippen MR) is 130 cm³/mol. The number of oxazole rings is 1. The Morgan fingerprint density at radius 2 is 1.81 bits per heavy atom. The van der Waals surface area contributed by atoms with Crippen LogP contribution in [0.4, 0.5) is 0 Å². The molecule has 1 aromatic heterocycles. The molecule has 3 aromatic rings. The first-order valence-corrected chi connectivity index (χ1v) is 11.5. The SMILES string of the molecule is CC(C)c1ccccc1-c1nc2c(C(=O)NC3CC4CCCC(C3)N4C)cccc2o1.Cl. The molecule has 2 aliphatic rings. The van der Waals surface area contributed by atoms with E-state index in [4.69, 9.17) is 9.40 Å². The minimum atomic E-state index is -0.0461. The number of nitrogens with zero attached hydrogens (tertiary/aromatic N) is 2. The van der Waals surface area contributed by atoms with Gasteiger partial charge in [-0.05, 0) is 62.4 Å². The highest BCUT2D eigenvalue weighted by atomic mass is 35.5. The zero-order chi connectivity index (χ0) is 21.5. The highest BCUT2D eigenvalue weighted by Gasteiger charge is 2.36. The number of aromatic nitrogens is 1. The van der Waals surface area contributed by atoms with E-state index in [-0.39, 0.29) is 24.4 Å². The van der Waals surface area contributed by atoms with Gasteiger partial charge in [0.05, 0.1) is 5.56 Å². The summed E-state index contributed by atoms with van der Waals surface area (Å²) in [5.41, 5.74) is 4.07. The Morgan fingerprint density at radius 3 is 2.53 bits per heavy atom. The fourth-order valence-electron chi connectivity index (χ4n) is 5.44. The lowest BCUT2D eigenvalue weighted by Gasteiger charge is -2.47. The van der Waals surface area contributed by atoms with Gasteiger partial charge in [-0.2, -0.15) is 0 Å². The van der Waals surface area contributed by atoms with Gasteiger partial charge in [-0.1, -0.05) is 44.5 Å². The molecule has 0 radical (unpaired) electrons. The van der Waals surface area contributed by atoms with Crippen molar-refractivity contribution in [1.82, 2.24) is 15.2 Å². The number of hydrogen-bond donors (Lipinski definition) is 1. The van der Waals surface area contributed by atoms with Crippen LogP contribution in [0.15, 0.2) is 46.9 Å². The van der Waals surface area contributed by atoms with E-state index in [1.807, 2.05) is 36.4 Å². The van der Waals surface area contributed by atoms with Gasteiger partial charge in [-0.15, -0.1) is 12.4 Å². The maximum absolute atomic E-state index is 13.2. The maximum Gasteiger partial charge on any atom is 0.253 e. The van der Waals surface area contributed by atoms with E-state index in [1.165, 1.54) is 24.8 Å². The van der Waals surface area contributed by atoms with Crippen molar-refractivity contribution in [1.29, 1.82) is 0 Å². The standard InChI is InChI=1S/C26H31N3O2.ClH/c1-16(2)20-10-4-5-11-21(20)26-28-24-22(12-7-13-23(24)31-26)25(30)27-17-14-18-8-6-9-19(15-17)29(18)3;/h4-5,7,10-13,16-19H,6,8-9,14-15H2,1-3H3,(H,27,30);1H. The number of carbonyl (C=O) groups excluding carboxylic acids is 1. The van der Waals surface area contributed by atoms with Crippen LogP contribution in [0.5, 0.6) is 0 Å².